The van der Waals surface area contributed by atoms with Gasteiger partial charge in [-0.2, -0.15) is 0 Å². The number of carbonyl (C=O) groups excluding carboxylic acids is 2. The summed E-state index contributed by atoms with van der Waals surface area (Å²) in [5.41, 5.74) is 0. The van der Waals surface area contributed by atoms with E-state index < -0.39 is 12.3 Å². The Morgan fingerprint density at radius 3 is 1.30 bits per heavy atom. The van der Waals surface area contributed by atoms with Gasteiger partial charge in [-0.15, -0.1) is 0 Å². The molecular weight excluding hydrogens is 312 g/mol. The van der Waals surface area contributed by atoms with Crippen LogP contribution in [-0.4, -0.2) is 48.7 Å². The van der Waals surface area contributed by atoms with E-state index in [0.29, 0.717) is 12.8 Å². The second-order valence-corrected chi connectivity index (χ2v) is 4.41. The second-order valence-electron chi connectivity index (χ2n) is 4.41. The van der Waals surface area contributed by atoms with E-state index in [1.54, 1.807) is 0 Å². The molecule has 0 aromatic rings. The van der Waals surface area contributed by atoms with Crippen LogP contribution in [0.5, 0.6) is 0 Å². The molecule has 0 aromatic heterocycles. The molecule has 0 saturated carbocycles. The zero-order chi connectivity index (χ0) is 18.1. The Bertz CT molecular complexity index is 331. The lowest BCUT2D eigenvalue weighted by atomic mass is 10.1. The minimum absolute atomic E-state index is 0.355. The summed E-state index contributed by atoms with van der Waals surface area (Å²) < 4.78 is 11.9. The summed E-state index contributed by atoms with van der Waals surface area (Å²) in [6.45, 7) is 0. The van der Waals surface area contributed by atoms with Crippen molar-refractivity contribution in [3.05, 3.63) is 0 Å². The zero-order valence-electron chi connectivity index (χ0n) is 13.4. The summed E-state index contributed by atoms with van der Waals surface area (Å²) in [6.07, 6.45) is 4.49. The molecule has 0 amide bonds. The monoisotopic (exact) mass is 336 g/mol. The zero-order valence-corrected chi connectivity index (χ0v) is 13.4. The summed E-state index contributed by atoms with van der Waals surface area (Å²) in [5, 5.41) is 15.0. The Morgan fingerprint density at radius 2 is 1.04 bits per heavy atom. The first-order valence-electron chi connectivity index (χ1n) is 7.10. The molecule has 0 unspecified atom stereocenters. The number of rotatable bonds is 0. The van der Waals surface area contributed by atoms with Crippen molar-refractivity contribution < 1.29 is 43.6 Å². The molecule has 1 aliphatic heterocycles. The Morgan fingerprint density at radius 1 is 0.783 bits per heavy atom. The standard InChI is InChI=1S/C10H16O3.2C2H4O3/c11-9-7-5-3-1-2-4-6-8-10(12)13-9;2*1-5-2(3)4/h1-8H2;2*1H3,(H,3,4). The Balaban J connectivity index is 0. The molecule has 1 aliphatic rings. The summed E-state index contributed by atoms with van der Waals surface area (Å²) in [4.78, 5) is 40.3. The summed E-state index contributed by atoms with van der Waals surface area (Å²) in [7, 11) is 2.20. The maximum Gasteiger partial charge on any atom is 0.505 e. The number of carboxylic acid groups (broad SMARTS) is 2. The highest BCUT2D eigenvalue weighted by Gasteiger charge is 2.10. The molecule has 2 N–H and O–H groups in total. The molecular formula is C14H24O9. The van der Waals surface area contributed by atoms with Crippen LogP contribution in [0.25, 0.3) is 0 Å². The summed E-state index contributed by atoms with van der Waals surface area (Å²) in [6, 6.07) is 0. The van der Waals surface area contributed by atoms with Crippen molar-refractivity contribution in [2.45, 2.75) is 51.4 Å². The van der Waals surface area contributed by atoms with Gasteiger partial charge in [0.15, 0.2) is 0 Å². The molecule has 134 valence electrons. The molecule has 0 atom stereocenters. The molecule has 1 heterocycles. The highest BCUT2D eigenvalue weighted by Crippen LogP contribution is 2.11. The van der Waals surface area contributed by atoms with E-state index in [1.165, 1.54) is 12.8 Å². The molecule has 1 saturated heterocycles. The lowest BCUT2D eigenvalue weighted by Gasteiger charge is -2.00. The van der Waals surface area contributed by atoms with Crippen molar-refractivity contribution >= 4 is 24.2 Å². The molecule has 0 spiro atoms. The van der Waals surface area contributed by atoms with Gasteiger partial charge in [-0.1, -0.05) is 25.7 Å². The number of hydrogen-bond donors (Lipinski definition) is 2. The smallest absolute Gasteiger partial charge is 0.450 e. The van der Waals surface area contributed by atoms with E-state index in [1.807, 2.05) is 0 Å². The average Bonchev–Trinajstić information content (AvgIpc) is 2.54. The summed E-state index contributed by atoms with van der Waals surface area (Å²) >= 11 is 0. The number of carbonyl (C=O) groups is 4. The minimum atomic E-state index is -1.25. The molecule has 0 aliphatic carbocycles. The van der Waals surface area contributed by atoms with Crippen LogP contribution < -0.4 is 0 Å². The second kappa shape index (κ2) is 16.1. The van der Waals surface area contributed by atoms with Crippen molar-refractivity contribution in [3.63, 3.8) is 0 Å². The Kier molecular flexibility index (Phi) is 16.0. The topological polar surface area (TPSA) is 136 Å². The van der Waals surface area contributed by atoms with Gasteiger partial charge < -0.3 is 24.4 Å². The quantitative estimate of drug-likeness (QED) is 0.388. The van der Waals surface area contributed by atoms with Crippen molar-refractivity contribution in [1.29, 1.82) is 0 Å². The Labute approximate surface area is 134 Å². The van der Waals surface area contributed by atoms with E-state index in [-0.39, 0.29) is 11.9 Å². The third-order valence-corrected chi connectivity index (χ3v) is 2.59. The third-order valence-electron chi connectivity index (χ3n) is 2.59. The third kappa shape index (κ3) is 22.1. The number of cyclic esters (lactones) is 2. The maximum absolute atomic E-state index is 11.0. The van der Waals surface area contributed by atoms with Gasteiger partial charge in [-0.05, 0) is 12.8 Å². The predicted octanol–water partition coefficient (Wildman–Crippen LogP) is 2.81. The highest BCUT2D eigenvalue weighted by atomic mass is 16.7. The number of ether oxygens (including phenoxy) is 3. The molecule has 23 heavy (non-hydrogen) atoms. The van der Waals surface area contributed by atoms with Crippen LogP contribution in [0, 0.1) is 0 Å². The first-order chi connectivity index (χ1) is 10.8. The van der Waals surface area contributed by atoms with E-state index in [0.717, 1.165) is 39.9 Å². The van der Waals surface area contributed by atoms with E-state index in [4.69, 9.17) is 19.8 Å². The van der Waals surface area contributed by atoms with Gasteiger partial charge in [0.05, 0.1) is 14.2 Å². The van der Waals surface area contributed by atoms with Crippen LogP contribution >= 0.6 is 0 Å². The lowest BCUT2D eigenvalue weighted by molar-refractivity contribution is -0.159. The van der Waals surface area contributed by atoms with Crippen molar-refractivity contribution in [3.8, 4) is 0 Å². The van der Waals surface area contributed by atoms with Crippen LogP contribution in [0.1, 0.15) is 51.4 Å². The normalized spacial score (nSPS) is 15.2. The van der Waals surface area contributed by atoms with Gasteiger partial charge in [0.2, 0.25) is 0 Å². The molecule has 0 bridgehead atoms. The molecule has 9 heteroatoms. The largest absolute Gasteiger partial charge is 0.505 e. The van der Waals surface area contributed by atoms with Gasteiger partial charge in [-0.25, -0.2) is 9.59 Å². The van der Waals surface area contributed by atoms with Crippen LogP contribution in [-0.2, 0) is 23.8 Å². The average molecular weight is 336 g/mol. The SMILES string of the molecule is COC(=O)O.COC(=O)O.O=C1CCCCCCCCC(=O)O1. The molecule has 1 fully saturated rings. The lowest BCUT2D eigenvalue weighted by Crippen LogP contribution is -2.11. The number of methoxy groups -OCH3 is 2. The van der Waals surface area contributed by atoms with Gasteiger partial charge in [0.25, 0.3) is 0 Å². The van der Waals surface area contributed by atoms with Crippen molar-refractivity contribution in [1.82, 2.24) is 0 Å². The Hall–Kier alpha value is -2.32. The van der Waals surface area contributed by atoms with E-state index in [9.17, 15) is 9.59 Å². The first kappa shape index (κ1) is 23.0. The van der Waals surface area contributed by atoms with Gasteiger partial charge in [-0.3, -0.25) is 9.59 Å². The summed E-state index contributed by atoms with van der Waals surface area (Å²) in [5.74, 6) is -0.709. The number of esters is 2. The van der Waals surface area contributed by atoms with E-state index in [2.05, 4.69) is 14.2 Å². The predicted molar refractivity (Wildman–Crippen MR) is 78.1 cm³/mol. The van der Waals surface area contributed by atoms with Crippen LogP contribution in [0.2, 0.25) is 0 Å². The maximum atomic E-state index is 11.0. The molecule has 1 rings (SSSR count). The molecule has 0 aromatic carbocycles. The van der Waals surface area contributed by atoms with Crippen molar-refractivity contribution in [2.75, 3.05) is 14.2 Å². The minimum Gasteiger partial charge on any atom is -0.450 e. The van der Waals surface area contributed by atoms with Gasteiger partial charge >= 0.3 is 24.2 Å². The fraction of sp³-hybridized carbons (Fsp3) is 0.714. The van der Waals surface area contributed by atoms with Crippen molar-refractivity contribution in [2.24, 2.45) is 0 Å². The van der Waals surface area contributed by atoms with Gasteiger partial charge in [0.1, 0.15) is 0 Å². The van der Waals surface area contributed by atoms with Crippen LogP contribution in [0.4, 0.5) is 9.59 Å². The fourth-order valence-electron chi connectivity index (χ4n) is 1.47. The number of hydrogen-bond acceptors (Lipinski definition) is 7. The van der Waals surface area contributed by atoms with E-state index >= 15 is 0 Å². The highest BCUT2D eigenvalue weighted by molar-refractivity contribution is 5.85. The van der Waals surface area contributed by atoms with Gasteiger partial charge in [0, 0.05) is 12.8 Å². The van der Waals surface area contributed by atoms with Crippen LogP contribution in [0.3, 0.4) is 0 Å². The fourth-order valence-corrected chi connectivity index (χ4v) is 1.47. The first-order valence-corrected chi connectivity index (χ1v) is 7.10. The van der Waals surface area contributed by atoms with Crippen LogP contribution in [0.15, 0.2) is 0 Å². The molecule has 9 nitrogen and oxygen atoms in total. The molecule has 0 radical (unpaired) electrons.